The molecule has 178 valence electrons. The molecule has 0 spiro atoms. The predicted octanol–water partition coefficient (Wildman–Crippen LogP) is 5.86. The van der Waals surface area contributed by atoms with Gasteiger partial charge in [0.15, 0.2) is 6.61 Å². The summed E-state index contributed by atoms with van der Waals surface area (Å²) in [5.41, 5.74) is 2.68. The van der Waals surface area contributed by atoms with Crippen molar-refractivity contribution in [3.8, 4) is 5.75 Å². The van der Waals surface area contributed by atoms with Crippen LogP contribution in [0.2, 0.25) is 10.0 Å². The van der Waals surface area contributed by atoms with Gasteiger partial charge in [-0.15, -0.1) is 0 Å². The largest absolute Gasteiger partial charge is 0.484 e. The lowest BCUT2D eigenvalue weighted by atomic mass is 10.1. The van der Waals surface area contributed by atoms with Crippen LogP contribution in [-0.4, -0.2) is 35.4 Å². The summed E-state index contributed by atoms with van der Waals surface area (Å²) >= 11 is 12.3. The van der Waals surface area contributed by atoms with Crippen LogP contribution in [0.3, 0.4) is 0 Å². The zero-order valence-electron chi connectivity index (χ0n) is 19.5. The number of nitrogens with zero attached hydrogens (tertiary/aromatic N) is 1. The first-order chi connectivity index (χ1) is 15.8. The predicted molar refractivity (Wildman–Crippen MR) is 133 cm³/mol. The first-order valence-electron chi connectivity index (χ1n) is 11.5. The molecule has 0 radical (unpaired) electrons. The van der Waals surface area contributed by atoms with E-state index >= 15 is 0 Å². The minimum atomic E-state index is -0.578. The van der Waals surface area contributed by atoms with Crippen LogP contribution in [0.15, 0.2) is 36.4 Å². The number of amides is 2. The van der Waals surface area contributed by atoms with Gasteiger partial charge in [-0.1, -0.05) is 55.1 Å². The van der Waals surface area contributed by atoms with E-state index in [2.05, 4.69) is 5.32 Å². The van der Waals surface area contributed by atoms with Crippen LogP contribution in [0, 0.1) is 13.8 Å². The number of benzene rings is 2. The first kappa shape index (κ1) is 25.4. The van der Waals surface area contributed by atoms with Gasteiger partial charge in [-0.2, -0.15) is 0 Å². The second-order valence-electron chi connectivity index (χ2n) is 8.72. The van der Waals surface area contributed by atoms with Gasteiger partial charge in [0.25, 0.3) is 5.91 Å². The topological polar surface area (TPSA) is 58.6 Å². The molecular weight excluding hydrogens is 459 g/mol. The molecule has 2 aromatic carbocycles. The molecule has 1 aliphatic rings. The second kappa shape index (κ2) is 11.8. The van der Waals surface area contributed by atoms with Gasteiger partial charge < -0.3 is 15.0 Å². The number of carbonyl (C=O) groups is 2. The van der Waals surface area contributed by atoms with Gasteiger partial charge in [0, 0.05) is 22.6 Å². The van der Waals surface area contributed by atoms with Crippen LogP contribution in [0.4, 0.5) is 0 Å². The van der Waals surface area contributed by atoms with Crippen molar-refractivity contribution in [2.75, 3.05) is 6.61 Å². The smallest absolute Gasteiger partial charge is 0.261 e. The van der Waals surface area contributed by atoms with Crippen molar-refractivity contribution in [3.63, 3.8) is 0 Å². The fourth-order valence-corrected chi connectivity index (χ4v) is 4.53. The van der Waals surface area contributed by atoms with E-state index in [1.807, 2.05) is 45.0 Å². The maximum absolute atomic E-state index is 13.3. The van der Waals surface area contributed by atoms with E-state index in [1.54, 1.807) is 17.0 Å². The molecule has 0 bridgehead atoms. The monoisotopic (exact) mass is 490 g/mol. The Labute approximate surface area is 206 Å². The molecule has 5 nitrogen and oxygen atoms in total. The van der Waals surface area contributed by atoms with Gasteiger partial charge in [0.2, 0.25) is 5.91 Å². The summed E-state index contributed by atoms with van der Waals surface area (Å²) in [4.78, 5) is 28.1. The van der Waals surface area contributed by atoms with Gasteiger partial charge in [-0.3, -0.25) is 9.59 Å². The van der Waals surface area contributed by atoms with Crippen molar-refractivity contribution >= 4 is 35.0 Å². The Bertz CT molecular complexity index is 949. The maximum atomic E-state index is 13.3. The molecule has 7 heteroatoms. The van der Waals surface area contributed by atoms with Crippen molar-refractivity contribution in [2.24, 2.45) is 0 Å². The third kappa shape index (κ3) is 6.87. The Morgan fingerprint density at radius 3 is 2.27 bits per heavy atom. The second-order valence-corrected chi connectivity index (χ2v) is 9.54. The SMILES string of the molecule is CC[C@H](C(=O)NC1CCCC1)N(Cc1ccc(Cl)cc1)C(=O)COc1cc(C)c(Cl)c(C)c1. The van der Waals surface area contributed by atoms with Gasteiger partial charge in [0.05, 0.1) is 0 Å². The van der Waals surface area contributed by atoms with Crippen molar-refractivity contribution in [1.29, 1.82) is 0 Å². The summed E-state index contributed by atoms with van der Waals surface area (Å²) < 4.78 is 5.83. The lowest BCUT2D eigenvalue weighted by molar-refractivity contribution is -0.143. The number of halogens is 2. The number of hydrogen-bond acceptors (Lipinski definition) is 3. The minimum Gasteiger partial charge on any atom is -0.484 e. The molecule has 1 aliphatic carbocycles. The molecule has 1 N–H and O–H groups in total. The summed E-state index contributed by atoms with van der Waals surface area (Å²) in [6.45, 7) is 5.86. The minimum absolute atomic E-state index is 0.107. The normalized spacial score (nSPS) is 14.7. The summed E-state index contributed by atoms with van der Waals surface area (Å²) in [6, 6.07) is 10.6. The molecule has 3 rings (SSSR count). The highest BCUT2D eigenvalue weighted by Crippen LogP contribution is 2.26. The van der Waals surface area contributed by atoms with Crippen LogP contribution in [-0.2, 0) is 16.1 Å². The summed E-state index contributed by atoms with van der Waals surface area (Å²) in [7, 11) is 0. The molecule has 0 aromatic heterocycles. The van der Waals surface area contributed by atoms with Crippen LogP contribution in [0.5, 0.6) is 5.75 Å². The Hall–Kier alpha value is -2.24. The Kier molecular flexibility index (Phi) is 9.04. The van der Waals surface area contributed by atoms with E-state index in [4.69, 9.17) is 27.9 Å². The van der Waals surface area contributed by atoms with Crippen LogP contribution in [0.1, 0.15) is 55.7 Å². The molecule has 0 saturated heterocycles. The van der Waals surface area contributed by atoms with Crippen molar-refractivity contribution < 1.29 is 14.3 Å². The van der Waals surface area contributed by atoms with Crippen LogP contribution < -0.4 is 10.1 Å². The third-order valence-electron chi connectivity index (χ3n) is 6.13. The van der Waals surface area contributed by atoms with E-state index in [1.165, 1.54) is 0 Å². The van der Waals surface area contributed by atoms with Crippen molar-refractivity contribution in [2.45, 2.75) is 71.5 Å². The average molecular weight is 491 g/mol. The van der Waals surface area contributed by atoms with Crippen LogP contribution >= 0.6 is 23.2 Å². The molecule has 1 saturated carbocycles. The number of rotatable bonds is 9. The highest BCUT2D eigenvalue weighted by atomic mass is 35.5. The average Bonchev–Trinajstić information content (AvgIpc) is 3.29. The summed E-state index contributed by atoms with van der Waals surface area (Å²) in [5.74, 6) is 0.228. The number of carbonyl (C=O) groups excluding carboxylic acids is 2. The van der Waals surface area contributed by atoms with Gasteiger partial charge >= 0.3 is 0 Å². The van der Waals surface area contributed by atoms with E-state index in [0.29, 0.717) is 28.8 Å². The van der Waals surface area contributed by atoms with E-state index in [0.717, 1.165) is 42.4 Å². The van der Waals surface area contributed by atoms with Crippen molar-refractivity contribution in [1.82, 2.24) is 10.2 Å². The Balaban J connectivity index is 1.77. The number of aryl methyl sites for hydroxylation is 2. The quantitative estimate of drug-likeness (QED) is 0.479. The van der Waals surface area contributed by atoms with Gasteiger partial charge in [0.1, 0.15) is 11.8 Å². The fraction of sp³-hybridized carbons (Fsp3) is 0.462. The fourth-order valence-electron chi connectivity index (χ4n) is 4.29. The van der Waals surface area contributed by atoms with E-state index in [-0.39, 0.29) is 24.5 Å². The molecule has 0 unspecified atom stereocenters. The highest BCUT2D eigenvalue weighted by Gasteiger charge is 2.30. The lowest BCUT2D eigenvalue weighted by Crippen LogP contribution is -2.52. The highest BCUT2D eigenvalue weighted by molar-refractivity contribution is 6.32. The molecule has 33 heavy (non-hydrogen) atoms. The number of hydrogen-bond donors (Lipinski definition) is 1. The van der Waals surface area contributed by atoms with E-state index in [9.17, 15) is 9.59 Å². The zero-order chi connectivity index (χ0) is 24.0. The van der Waals surface area contributed by atoms with Crippen molar-refractivity contribution in [3.05, 3.63) is 63.1 Å². The van der Waals surface area contributed by atoms with Gasteiger partial charge in [-0.25, -0.2) is 0 Å². The maximum Gasteiger partial charge on any atom is 0.261 e. The zero-order valence-corrected chi connectivity index (χ0v) is 21.0. The first-order valence-corrected chi connectivity index (χ1v) is 12.3. The molecular formula is C26H32Cl2N2O3. The number of ether oxygens (including phenoxy) is 1. The molecule has 2 aromatic rings. The Morgan fingerprint density at radius 2 is 1.70 bits per heavy atom. The van der Waals surface area contributed by atoms with Gasteiger partial charge in [-0.05, 0) is 74.1 Å². The molecule has 0 aliphatic heterocycles. The summed E-state index contributed by atoms with van der Waals surface area (Å²) in [5, 5.41) is 4.46. The number of nitrogens with one attached hydrogen (secondary N) is 1. The van der Waals surface area contributed by atoms with Crippen LogP contribution in [0.25, 0.3) is 0 Å². The Morgan fingerprint density at radius 1 is 1.09 bits per heavy atom. The standard InChI is InChI=1S/C26H32Cl2N2O3/c1-4-23(26(32)29-21-7-5-6-8-21)30(15-19-9-11-20(27)12-10-19)24(31)16-33-22-13-17(2)25(28)18(3)14-22/h9-14,21,23H,4-8,15-16H2,1-3H3,(H,29,32)/t23-/m1/s1. The molecule has 1 fully saturated rings. The summed E-state index contributed by atoms with van der Waals surface area (Å²) in [6.07, 6.45) is 4.75. The molecule has 0 heterocycles. The molecule has 2 amide bonds. The lowest BCUT2D eigenvalue weighted by Gasteiger charge is -2.31. The van der Waals surface area contributed by atoms with E-state index < -0.39 is 6.04 Å². The third-order valence-corrected chi connectivity index (χ3v) is 6.97. The molecule has 1 atom stereocenters.